The van der Waals surface area contributed by atoms with Crippen LogP contribution in [0.3, 0.4) is 0 Å². The first-order valence-corrected chi connectivity index (χ1v) is 11.5. The van der Waals surface area contributed by atoms with Gasteiger partial charge in [-0.1, -0.05) is 23.2 Å². The van der Waals surface area contributed by atoms with Gasteiger partial charge in [-0.3, -0.25) is 14.4 Å². The lowest BCUT2D eigenvalue weighted by molar-refractivity contribution is -0.134. The second-order valence-corrected chi connectivity index (χ2v) is 9.52. The van der Waals surface area contributed by atoms with Crippen LogP contribution in [0.1, 0.15) is 63.9 Å². The number of piperidine rings is 1. The van der Waals surface area contributed by atoms with Gasteiger partial charge in [-0.2, -0.15) is 0 Å². The lowest BCUT2D eigenvalue weighted by atomic mass is 9.81. The molecule has 0 radical (unpaired) electrons. The van der Waals surface area contributed by atoms with Crippen molar-refractivity contribution in [1.82, 2.24) is 4.90 Å². The minimum absolute atomic E-state index is 0.0407. The van der Waals surface area contributed by atoms with Gasteiger partial charge in [-0.25, -0.2) is 0 Å². The zero-order valence-electron chi connectivity index (χ0n) is 18.2. The normalized spacial score (nSPS) is 17.1. The van der Waals surface area contributed by atoms with Crippen LogP contribution in [0.15, 0.2) is 30.3 Å². The Morgan fingerprint density at radius 2 is 1.72 bits per heavy atom. The molecule has 2 aromatic rings. The Morgan fingerprint density at radius 1 is 1.06 bits per heavy atom. The third-order valence-corrected chi connectivity index (χ3v) is 7.33. The summed E-state index contributed by atoms with van der Waals surface area (Å²) in [7, 11) is 0. The maximum absolute atomic E-state index is 12.9. The summed E-state index contributed by atoms with van der Waals surface area (Å²) in [5.74, 6) is 0.502. The molecule has 0 bridgehead atoms. The molecular weight excluding hydrogens is 449 g/mol. The number of amides is 1. The first kappa shape index (κ1) is 22.8. The number of hydrogen-bond acceptors (Lipinski definition) is 4. The van der Waals surface area contributed by atoms with Gasteiger partial charge in [-0.05, 0) is 55.3 Å². The van der Waals surface area contributed by atoms with E-state index in [2.05, 4.69) is 0 Å². The van der Waals surface area contributed by atoms with Crippen LogP contribution in [0.5, 0.6) is 5.75 Å². The number of benzene rings is 2. The first-order valence-electron chi connectivity index (χ1n) is 10.8. The van der Waals surface area contributed by atoms with Crippen molar-refractivity contribution in [3.05, 3.63) is 62.6 Å². The number of carbonyl (C=O) groups excluding carboxylic acids is 3. The molecule has 1 spiro atoms. The topological polar surface area (TPSA) is 63.7 Å². The van der Waals surface area contributed by atoms with Crippen molar-refractivity contribution in [2.75, 3.05) is 13.1 Å². The van der Waals surface area contributed by atoms with Gasteiger partial charge in [-0.15, -0.1) is 0 Å². The molecule has 1 fully saturated rings. The maximum atomic E-state index is 12.9. The van der Waals surface area contributed by atoms with Crippen LogP contribution in [0, 0.1) is 13.8 Å². The Labute approximate surface area is 197 Å². The van der Waals surface area contributed by atoms with Gasteiger partial charge in [0.2, 0.25) is 5.91 Å². The predicted molar refractivity (Wildman–Crippen MR) is 124 cm³/mol. The molecule has 5 nitrogen and oxygen atoms in total. The summed E-state index contributed by atoms with van der Waals surface area (Å²) >= 11 is 12.2. The van der Waals surface area contributed by atoms with Crippen LogP contribution >= 0.6 is 23.2 Å². The summed E-state index contributed by atoms with van der Waals surface area (Å²) in [5, 5.41) is 1.17. The molecule has 2 aliphatic rings. The van der Waals surface area contributed by atoms with Gasteiger partial charge >= 0.3 is 0 Å². The second kappa shape index (κ2) is 8.87. The van der Waals surface area contributed by atoms with Crippen LogP contribution in [0.25, 0.3) is 0 Å². The predicted octanol–water partition coefficient (Wildman–Crippen LogP) is 5.60. The SMILES string of the molecule is Cc1cc2c(c(C)c1Cl)C(=O)CC1(CCN(C(=O)CCC(=O)c3ccc(Cl)cc3)CC1)O2. The molecule has 0 atom stereocenters. The number of halogens is 2. The largest absolute Gasteiger partial charge is 0.486 e. The molecule has 2 heterocycles. The summed E-state index contributed by atoms with van der Waals surface area (Å²) in [6.07, 6.45) is 1.76. The molecule has 0 aromatic heterocycles. The molecular formula is C25H25Cl2NO4. The van der Waals surface area contributed by atoms with E-state index in [4.69, 9.17) is 27.9 Å². The zero-order chi connectivity index (χ0) is 23.0. The number of likely N-dealkylation sites (tertiary alicyclic amines) is 1. The highest BCUT2D eigenvalue weighted by Crippen LogP contribution is 2.43. The number of ether oxygens (including phenoxy) is 1. The minimum Gasteiger partial charge on any atom is -0.486 e. The quantitative estimate of drug-likeness (QED) is 0.542. The average molecular weight is 474 g/mol. The monoisotopic (exact) mass is 473 g/mol. The summed E-state index contributed by atoms with van der Waals surface area (Å²) in [6, 6.07) is 8.52. The fourth-order valence-corrected chi connectivity index (χ4v) is 4.88. The van der Waals surface area contributed by atoms with Crippen molar-refractivity contribution in [2.24, 2.45) is 0 Å². The van der Waals surface area contributed by atoms with Gasteiger partial charge in [0, 0.05) is 54.4 Å². The Bertz CT molecular complexity index is 1090. The molecule has 2 aromatic carbocycles. The van der Waals surface area contributed by atoms with Crippen molar-refractivity contribution >= 4 is 40.7 Å². The zero-order valence-corrected chi connectivity index (χ0v) is 19.7. The molecule has 0 unspecified atom stereocenters. The van der Waals surface area contributed by atoms with Crippen LogP contribution in [-0.4, -0.2) is 41.1 Å². The molecule has 0 N–H and O–H groups in total. The fourth-order valence-electron chi connectivity index (χ4n) is 4.60. The van der Waals surface area contributed by atoms with E-state index in [-0.39, 0.29) is 36.7 Å². The smallest absolute Gasteiger partial charge is 0.223 e. The Hall–Kier alpha value is -2.37. The van der Waals surface area contributed by atoms with Crippen molar-refractivity contribution in [3.8, 4) is 5.75 Å². The van der Waals surface area contributed by atoms with E-state index in [0.717, 1.165) is 11.1 Å². The first-order chi connectivity index (χ1) is 15.2. The highest BCUT2D eigenvalue weighted by atomic mass is 35.5. The summed E-state index contributed by atoms with van der Waals surface area (Å²) in [4.78, 5) is 39.7. The summed E-state index contributed by atoms with van der Waals surface area (Å²) in [5.41, 5.74) is 2.18. The van der Waals surface area contributed by atoms with Gasteiger partial charge in [0.05, 0.1) is 12.0 Å². The molecule has 2 aliphatic heterocycles. The number of aryl methyl sites for hydroxylation is 1. The van der Waals surface area contributed by atoms with E-state index in [1.165, 1.54) is 0 Å². The van der Waals surface area contributed by atoms with Crippen molar-refractivity contribution < 1.29 is 19.1 Å². The van der Waals surface area contributed by atoms with Crippen molar-refractivity contribution in [3.63, 3.8) is 0 Å². The Morgan fingerprint density at radius 3 is 2.38 bits per heavy atom. The lowest BCUT2D eigenvalue weighted by Gasteiger charge is -2.44. The Kier molecular flexibility index (Phi) is 6.33. The molecule has 1 amide bonds. The van der Waals surface area contributed by atoms with E-state index in [0.29, 0.717) is 52.9 Å². The van der Waals surface area contributed by atoms with Crippen LogP contribution in [-0.2, 0) is 4.79 Å². The molecule has 7 heteroatoms. The number of ketones is 2. The standard InChI is InChI=1S/C25H25Cl2NO4/c1-15-13-21-23(16(2)24(15)27)20(30)14-25(32-21)9-11-28(12-10-25)22(31)8-7-19(29)17-3-5-18(26)6-4-17/h3-6,13H,7-12,14H2,1-2H3. The number of rotatable bonds is 4. The molecule has 1 saturated heterocycles. The van der Waals surface area contributed by atoms with Crippen LogP contribution in [0.2, 0.25) is 10.0 Å². The van der Waals surface area contributed by atoms with Gasteiger partial charge in [0.25, 0.3) is 0 Å². The number of Topliss-reactive ketones (excluding diaryl/α,β-unsaturated/α-hetero) is 2. The number of hydrogen-bond donors (Lipinski definition) is 0. The van der Waals surface area contributed by atoms with Gasteiger partial charge in [0.15, 0.2) is 11.6 Å². The van der Waals surface area contributed by atoms with E-state index in [9.17, 15) is 14.4 Å². The number of carbonyl (C=O) groups is 3. The van der Waals surface area contributed by atoms with E-state index in [1.54, 1.807) is 29.2 Å². The molecule has 168 valence electrons. The van der Waals surface area contributed by atoms with E-state index >= 15 is 0 Å². The van der Waals surface area contributed by atoms with Crippen LogP contribution < -0.4 is 4.74 Å². The van der Waals surface area contributed by atoms with Crippen molar-refractivity contribution in [1.29, 1.82) is 0 Å². The third-order valence-electron chi connectivity index (χ3n) is 6.49. The second-order valence-electron chi connectivity index (χ2n) is 8.70. The number of fused-ring (bicyclic) bond motifs is 1. The van der Waals surface area contributed by atoms with E-state index in [1.807, 2.05) is 19.9 Å². The molecule has 4 rings (SSSR count). The fraction of sp³-hybridized carbons (Fsp3) is 0.400. The Balaban J connectivity index is 1.36. The molecule has 0 aliphatic carbocycles. The molecule has 0 saturated carbocycles. The number of nitrogens with zero attached hydrogens (tertiary/aromatic N) is 1. The van der Waals surface area contributed by atoms with Gasteiger partial charge < -0.3 is 9.64 Å². The summed E-state index contributed by atoms with van der Waals surface area (Å²) < 4.78 is 6.36. The van der Waals surface area contributed by atoms with Gasteiger partial charge in [0.1, 0.15) is 11.4 Å². The van der Waals surface area contributed by atoms with E-state index < -0.39 is 5.60 Å². The average Bonchev–Trinajstić information content (AvgIpc) is 2.76. The summed E-state index contributed by atoms with van der Waals surface area (Å²) in [6.45, 7) is 4.75. The lowest BCUT2D eigenvalue weighted by Crippen LogP contribution is -2.52. The third kappa shape index (κ3) is 4.41. The minimum atomic E-state index is -0.591. The highest BCUT2D eigenvalue weighted by molar-refractivity contribution is 6.33. The van der Waals surface area contributed by atoms with Crippen molar-refractivity contribution in [2.45, 2.75) is 51.6 Å². The highest BCUT2D eigenvalue weighted by Gasteiger charge is 2.44. The molecule has 32 heavy (non-hydrogen) atoms. The van der Waals surface area contributed by atoms with Crippen LogP contribution in [0.4, 0.5) is 0 Å². The maximum Gasteiger partial charge on any atom is 0.223 e.